The lowest BCUT2D eigenvalue weighted by molar-refractivity contribution is -0.146. The van der Waals surface area contributed by atoms with Crippen molar-refractivity contribution < 1.29 is 31.8 Å². The van der Waals surface area contributed by atoms with Crippen molar-refractivity contribution in [2.75, 3.05) is 38.3 Å². The average molecular weight is 528 g/mol. The number of benzene rings is 1. The molecular formula is C27H37F4N3O3. The molecule has 3 heterocycles. The summed E-state index contributed by atoms with van der Waals surface area (Å²) in [6, 6.07) is 2.94. The van der Waals surface area contributed by atoms with E-state index in [1.807, 2.05) is 9.80 Å². The molecule has 1 aromatic rings. The Morgan fingerprint density at radius 1 is 1.19 bits per heavy atom. The van der Waals surface area contributed by atoms with E-state index in [9.17, 15) is 22.4 Å². The zero-order valence-corrected chi connectivity index (χ0v) is 21.7. The van der Waals surface area contributed by atoms with Crippen molar-refractivity contribution in [3.8, 4) is 0 Å². The van der Waals surface area contributed by atoms with Crippen LogP contribution in [0.4, 0.5) is 23.2 Å². The number of hydrogen-bond donors (Lipinski definition) is 1. The van der Waals surface area contributed by atoms with Crippen molar-refractivity contribution in [3.05, 3.63) is 29.6 Å². The first-order valence-corrected chi connectivity index (χ1v) is 13.3. The van der Waals surface area contributed by atoms with Gasteiger partial charge >= 0.3 is 6.18 Å². The highest BCUT2D eigenvalue weighted by atomic mass is 19.4. The van der Waals surface area contributed by atoms with Crippen LogP contribution in [0.25, 0.3) is 0 Å². The summed E-state index contributed by atoms with van der Waals surface area (Å²) in [5, 5.41) is 3.75. The number of nitrogens with one attached hydrogen (secondary N) is 1. The first-order valence-electron chi connectivity index (χ1n) is 13.3. The van der Waals surface area contributed by atoms with Crippen LogP contribution >= 0.6 is 0 Å². The molecule has 4 aliphatic rings. The Morgan fingerprint density at radius 3 is 2.62 bits per heavy atom. The molecule has 37 heavy (non-hydrogen) atoms. The van der Waals surface area contributed by atoms with Gasteiger partial charge in [0.2, 0.25) is 5.91 Å². The van der Waals surface area contributed by atoms with E-state index in [4.69, 9.17) is 9.47 Å². The maximum absolute atomic E-state index is 14.1. The predicted molar refractivity (Wildman–Crippen MR) is 131 cm³/mol. The molecule has 4 fully saturated rings. The number of carbonyl (C=O) groups excluding carboxylic acids is 1. The number of methoxy groups -OCH3 is 1. The Balaban J connectivity index is 1.27. The third kappa shape index (κ3) is 4.96. The zero-order chi connectivity index (χ0) is 26.5. The second-order valence-corrected chi connectivity index (χ2v) is 11.5. The van der Waals surface area contributed by atoms with E-state index in [2.05, 4.69) is 19.2 Å². The fourth-order valence-corrected chi connectivity index (χ4v) is 7.04. The number of fused-ring (bicyclic) bond motifs is 2. The second kappa shape index (κ2) is 10.0. The summed E-state index contributed by atoms with van der Waals surface area (Å²) < 4.78 is 64.9. The average Bonchev–Trinajstić information content (AvgIpc) is 3.58. The molecule has 0 radical (unpaired) electrons. The number of alkyl halides is 3. The highest BCUT2D eigenvalue weighted by molar-refractivity contribution is 5.84. The Morgan fingerprint density at radius 2 is 1.97 bits per heavy atom. The molecule has 1 aliphatic carbocycles. The number of ether oxygens (including phenoxy) is 2. The van der Waals surface area contributed by atoms with Gasteiger partial charge in [-0.1, -0.05) is 13.8 Å². The van der Waals surface area contributed by atoms with Crippen LogP contribution in [0.2, 0.25) is 0 Å². The minimum Gasteiger partial charge on any atom is -0.379 e. The molecule has 5 rings (SSSR count). The molecule has 6 nitrogen and oxygen atoms in total. The van der Waals surface area contributed by atoms with Gasteiger partial charge in [0.15, 0.2) is 0 Å². The number of likely N-dealkylation sites (tertiary alicyclic amines) is 1. The lowest BCUT2D eigenvalue weighted by Crippen LogP contribution is -2.55. The SMILES string of the molecule is CO[C@@H]1COCC[C@@H]1N[C@@H]1CC[C@@](C(=O)N2C[C@@H]3C[C@H]2CN3c2cc(F)cc(C(F)(F)F)c2)(C(C)C)C1. The van der Waals surface area contributed by atoms with E-state index in [1.54, 1.807) is 7.11 Å². The van der Waals surface area contributed by atoms with Crippen LogP contribution in [0, 0.1) is 17.2 Å². The summed E-state index contributed by atoms with van der Waals surface area (Å²) in [5.74, 6) is -0.582. The van der Waals surface area contributed by atoms with Gasteiger partial charge in [0, 0.05) is 50.6 Å². The zero-order valence-electron chi connectivity index (χ0n) is 21.7. The van der Waals surface area contributed by atoms with Crippen LogP contribution in [0.5, 0.6) is 0 Å². The molecule has 2 bridgehead atoms. The van der Waals surface area contributed by atoms with Crippen molar-refractivity contribution in [1.82, 2.24) is 10.2 Å². The number of hydrogen-bond acceptors (Lipinski definition) is 5. The van der Waals surface area contributed by atoms with Crippen molar-refractivity contribution in [2.24, 2.45) is 11.3 Å². The number of amides is 1. The number of anilines is 1. The molecule has 0 spiro atoms. The molecule has 1 aromatic carbocycles. The van der Waals surface area contributed by atoms with Crippen molar-refractivity contribution in [3.63, 3.8) is 0 Å². The molecule has 1 N–H and O–H groups in total. The molecule has 0 aromatic heterocycles. The van der Waals surface area contributed by atoms with Gasteiger partial charge in [0.05, 0.1) is 29.7 Å². The Hall–Kier alpha value is -1.91. The van der Waals surface area contributed by atoms with E-state index >= 15 is 0 Å². The lowest BCUT2D eigenvalue weighted by Gasteiger charge is -2.42. The smallest absolute Gasteiger partial charge is 0.379 e. The predicted octanol–water partition coefficient (Wildman–Crippen LogP) is 4.22. The van der Waals surface area contributed by atoms with E-state index < -0.39 is 23.0 Å². The van der Waals surface area contributed by atoms with E-state index in [1.165, 1.54) is 0 Å². The third-order valence-electron chi connectivity index (χ3n) is 9.18. The fraction of sp³-hybridized carbons (Fsp3) is 0.741. The lowest BCUT2D eigenvalue weighted by atomic mass is 9.74. The summed E-state index contributed by atoms with van der Waals surface area (Å²) >= 11 is 0. The fourth-order valence-electron chi connectivity index (χ4n) is 7.04. The van der Waals surface area contributed by atoms with Crippen LogP contribution in [0.3, 0.4) is 0 Å². The summed E-state index contributed by atoms with van der Waals surface area (Å²) in [6.45, 7) is 6.36. The van der Waals surface area contributed by atoms with Gasteiger partial charge in [0.1, 0.15) is 5.82 Å². The van der Waals surface area contributed by atoms with Crippen molar-refractivity contribution >= 4 is 11.6 Å². The van der Waals surface area contributed by atoms with Gasteiger partial charge in [-0.3, -0.25) is 4.79 Å². The highest BCUT2D eigenvalue weighted by Gasteiger charge is 2.54. The molecule has 10 heteroatoms. The van der Waals surface area contributed by atoms with Crippen LogP contribution in [0.15, 0.2) is 18.2 Å². The maximum atomic E-state index is 14.1. The molecule has 3 saturated heterocycles. The molecule has 0 unspecified atom stereocenters. The molecule has 6 atom stereocenters. The normalized spacial score (nSPS) is 34.1. The maximum Gasteiger partial charge on any atom is 0.416 e. The Labute approximate surface area is 215 Å². The molecule has 206 valence electrons. The largest absolute Gasteiger partial charge is 0.416 e. The molecular weight excluding hydrogens is 490 g/mol. The monoisotopic (exact) mass is 527 g/mol. The summed E-state index contributed by atoms with van der Waals surface area (Å²) in [7, 11) is 1.70. The Kier molecular flexibility index (Phi) is 7.21. The van der Waals surface area contributed by atoms with Gasteiger partial charge in [-0.2, -0.15) is 13.2 Å². The van der Waals surface area contributed by atoms with Crippen LogP contribution in [0.1, 0.15) is 51.5 Å². The summed E-state index contributed by atoms with van der Waals surface area (Å²) in [6.07, 6.45) is -0.570. The highest BCUT2D eigenvalue weighted by Crippen LogP contribution is 2.48. The minimum atomic E-state index is -4.61. The summed E-state index contributed by atoms with van der Waals surface area (Å²) in [4.78, 5) is 17.9. The minimum absolute atomic E-state index is 0.000476. The molecule has 1 amide bonds. The van der Waals surface area contributed by atoms with Crippen molar-refractivity contribution in [2.45, 2.75) is 82.4 Å². The Bertz CT molecular complexity index is 1010. The van der Waals surface area contributed by atoms with Gasteiger partial charge in [-0.25, -0.2) is 4.39 Å². The molecule has 3 aliphatic heterocycles. The number of rotatable bonds is 6. The number of halogens is 4. The van der Waals surface area contributed by atoms with E-state index in [0.29, 0.717) is 38.8 Å². The van der Waals surface area contributed by atoms with E-state index in [-0.39, 0.29) is 47.8 Å². The van der Waals surface area contributed by atoms with Crippen LogP contribution in [-0.2, 0) is 20.4 Å². The van der Waals surface area contributed by atoms with Gasteiger partial charge < -0.3 is 24.6 Å². The van der Waals surface area contributed by atoms with Crippen LogP contribution < -0.4 is 10.2 Å². The van der Waals surface area contributed by atoms with Gasteiger partial charge in [0.25, 0.3) is 0 Å². The first-order chi connectivity index (χ1) is 17.5. The first kappa shape index (κ1) is 26.7. The number of nitrogens with zero attached hydrogens (tertiary/aromatic N) is 2. The third-order valence-corrected chi connectivity index (χ3v) is 9.18. The van der Waals surface area contributed by atoms with Gasteiger partial charge in [-0.15, -0.1) is 0 Å². The van der Waals surface area contributed by atoms with Gasteiger partial charge in [-0.05, 0) is 56.2 Å². The van der Waals surface area contributed by atoms with Crippen molar-refractivity contribution in [1.29, 1.82) is 0 Å². The standard InChI is InChI=1S/C27H37F4N3O3/c1-16(2)26(6-4-19(12-26)32-23-5-7-37-15-24(23)36-3)25(35)34-14-21-11-22(34)13-33(21)20-9-17(27(29,30)31)8-18(28)10-20/h8-10,16,19,21-24,32H,4-7,11-15H2,1-3H3/t19-,21+,22+,23+,24-,26+/m1/s1. The van der Waals surface area contributed by atoms with Crippen LogP contribution in [-0.4, -0.2) is 74.5 Å². The second-order valence-electron chi connectivity index (χ2n) is 11.5. The number of piperazine rings is 1. The summed E-state index contributed by atoms with van der Waals surface area (Å²) in [5.41, 5.74) is -1.22. The quantitative estimate of drug-likeness (QED) is 0.562. The molecule has 1 saturated carbocycles. The topological polar surface area (TPSA) is 54.0 Å². The number of carbonyl (C=O) groups is 1. The van der Waals surface area contributed by atoms with E-state index in [0.717, 1.165) is 37.8 Å².